The molecule has 0 aliphatic carbocycles. The summed E-state index contributed by atoms with van der Waals surface area (Å²) in [6, 6.07) is 16.3. The molecule has 6 nitrogen and oxygen atoms in total. The molecule has 0 atom stereocenters. The van der Waals surface area contributed by atoms with E-state index >= 15 is 0 Å². The van der Waals surface area contributed by atoms with Gasteiger partial charge in [0.25, 0.3) is 0 Å². The highest BCUT2D eigenvalue weighted by Crippen LogP contribution is 2.16. The van der Waals surface area contributed by atoms with Gasteiger partial charge in [-0.1, -0.05) is 31.2 Å². The van der Waals surface area contributed by atoms with Gasteiger partial charge < -0.3 is 15.4 Å². The third-order valence-corrected chi connectivity index (χ3v) is 4.05. The zero-order valence-electron chi connectivity index (χ0n) is 15.1. The number of anilines is 3. The SMILES string of the molecule is CCc1ccc(Nc2cnnc(NCCc3ccc(OC)cc3)n2)cc1. The Morgan fingerprint density at radius 1 is 0.962 bits per heavy atom. The second-order valence-corrected chi connectivity index (χ2v) is 5.87. The number of aromatic nitrogens is 3. The van der Waals surface area contributed by atoms with Crippen molar-refractivity contribution >= 4 is 17.5 Å². The molecule has 1 aromatic heterocycles. The Hall–Kier alpha value is -3.15. The first-order valence-corrected chi connectivity index (χ1v) is 8.69. The van der Waals surface area contributed by atoms with Crippen molar-refractivity contribution in [3.63, 3.8) is 0 Å². The molecule has 26 heavy (non-hydrogen) atoms. The van der Waals surface area contributed by atoms with E-state index in [0.717, 1.165) is 30.8 Å². The summed E-state index contributed by atoms with van der Waals surface area (Å²) in [6.07, 6.45) is 3.50. The summed E-state index contributed by atoms with van der Waals surface area (Å²) in [7, 11) is 1.67. The highest BCUT2D eigenvalue weighted by Gasteiger charge is 2.02. The number of ether oxygens (including phenoxy) is 1. The van der Waals surface area contributed by atoms with Crippen molar-refractivity contribution < 1.29 is 4.74 Å². The van der Waals surface area contributed by atoms with Crippen LogP contribution in [0.4, 0.5) is 17.5 Å². The van der Waals surface area contributed by atoms with Crippen molar-refractivity contribution in [2.24, 2.45) is 0 Å². The van der Waals surface area contributed by atoms with Gasteiger partial charge in [0.2, 0.25) is 5.95 Å². The number of aryl methyl sites for hydroxylation is 1. The molecule has 0 spiro atoms. The Bertz CT molecular complexity index is 818. The second-order valence-electron chi connectivity index (χ2n) is 5.87. The average Bonchev–Trinajstić information content (AvgIpc) is 2.69. The van der Waals surface area contributed by atoms with Gasteiger partial charge in [0.1, 0.15) is 5.75 Å². The van der Waals surface area contributed by atoms with Gasteiger partial charge in [-0.3, -0.25) is 0 Å². The molecule has 2 aromatic carbocycles. The molecule has 3 aromatic rings. The van der Waals surface area contributed by atoms with E-state index < -0.39 is 0 Å². The minimum Gasteiger partial charge on any atom is -0.497 e. The minimum absolute atomic E-state index is 0.508. The van der Waals surface area contributed by atoms with E-state index in [0.29, 0.717) is 11.8 Å². The Morgan fingerprint density at radius 2 is 1.69 bits per heavy atom. The molecule has 6 heteroatoms. The van der Waals surface area contributed by atoms with E-state index in [1.54, 1.807) is 13.3 Å². The number of benzene rings is 2. The van der Waals surface area contributed by atoms with Crippen molar-refractivity contribution in [3.8, 4) is 5.75 Å². The quantitative estimate of drug-likeness (QED) is 0.644. The maximum atomic E-state index is 5.17. The van der Waals surface area contributed by atoms with Crippen molar-refractivity contribution in [2.75, 3.05) is 24.3 Å². The van der Waals surface area contributed by atoms with Crippen LogP contribution in [0.25, 0.3) is 0 Å². The molecular formula is C20H23N5O. The van der Waals surface area contributed by atoms with Crippen molar-refractivity contribution in [1.29, 1.82) is 0 Å². The van der Waals surface area contributed by atoms with Crippen molar-refractivity contribution in [2.45, 2.75) is 19.8 Å². The van der Waals surface area contributed by atoms with Crippen molar-refractivity contribution in [3.05, 3.63) is 65.9 Å². The van der Waals surface area contributed by atoms with Crippen LogP contribution in [0.3, 0.4) is 0 Å². The lowest BCUT2D eigenvalue weighted by atomic mass is 10.1. The molecule has 134 valence electrons. The third kappa shape index (κ3) is 4.92. The van der Waals surface area contributed by atoms with Crippen LogP contribution < -0.4 is 15.4 Å². The molecule has 2 N–H and O–H groups in total. The van der Waals surface area contributed by atoms with E-state index in [9.17, 15) is 0 Å². The molecule has 0 fully saturated rings. The smallest absolute Gasteiger partial charge is 0.244 e. The normalized spacial score (nSPS) is 10.4. The van der Waals surface area contributed by atoms with Crippen LogP contribution in [0, 0.1) is 0 Å². The topological polar surface area (TPSA) is 72.0 Å². The standard InChI is InChI=1S/C20H23N5O/c1-3-15-4-8-17(9-5-15)23-19-14-22-25-20(24-19)21-13-12-16-6-10-18(26-2)11-7-16/h4-11,14H,3,12-13H2,1-2H3,(H2,21,23,24,25). The fraction of sp³-hybridized carbons (Fsp3) is 0.250. The van der Waals surface area contributed by atoms with E-state index in [1.165, 1.54) is 11.1 Å². The summed E-state index contributed by atoms with van der Waals surface area (Å²) >= 11 is 0. The summed E-state index contributed by atoms with van der Waals surface area (Å²) in [5.41, 5.74) is 3.50. The Balaban J connectivity index is 1.54. The van der Waals surface area contributed by atoms with Crippen molar-refractivity contribution in [1.82, 2.24) is 15.2 Å². The summed E-state index contributed by atoms with van der Waals surface area (Å²) < 4.78 is 5.17. The predicted octanol–water partition coefficient (Wildman–Crippen LogP) is 3.84. The van der Waals surface area contributed by atoms with Crippen LogP contribution in [0.1, 0.15) is 18.1 Å². The Kier molecular flexibility index (Phi) is 5.98. The third-order valence-electron chi connectivity index (χ3n) is 4.05. The summed E-state index contributed by atoms with van der Waals surface area (Å²) in [6.45, 7) is 2.86. The van der Waals surface area contributed by atoms with Gasteiger partial charge in [0, 0.05) is 12.2 Å². The van der Waals surface area contributed by atoms with E-state index in [1.807, 2.05) is 24.3 Å². The lowest BCUT2D eigenvalue weighted by molar-refractivity contribution is 0.414. The molecule has 0 aliphatic rings. The van der Waals surface area contributed by atoms with Crippen LogP contribution in [-0.2, 0) is 12.8 Å². The number of hydrogen-bond acceptors (Lipinski definition) is 6. The predicted molar refractivity (Wildman–Crippen MR) is 104 cm³/mol. The Labute approximate surface area is 153 Å². The van der Waals surface area contributed by atoms with Crippen LogP contribution in [0.15, 0.2) is 54.7 Å². The lowest BCUT2D eigenvalue weighted by Crippen LogP contribution is -2.09. The number of methoxy groups -OCH3 is 1. The molecule has 1 heterocycles. The van der Waals surface area contributed by atoms with Gasteiger partial charge in [-0.25, -0.2) is 0 Å². The summed E-state index contributed by atoms with van der Waals surface area (Å²) in [5, 5.41) is 14.5. The molecule has 0 saturated heterocycles. The van der Waals surface area contributed by atoms with E-state index in [4.69, 9.17) is 4.74 Å². The summed E-state index contributed by atoms with van der Waals surface area (Å²) in [5.74, 6) is 2.03. The largest absolute Gasteiger partial charge is 0.497 e. The molecular weight excluding hydrogens is 326 g/mol. The van der Waals surface area contributed by atoms with Gasteiger partial charge in [-0.2, -0.15) is 10.1 Å². The van der Waals surface area contributed by atoms with Crippen LogP contribution in [-0.4, -0.2) is 28.8 Å². The number of hydrogen-bond donors (Lipinski definition) is 2. The fourth-order valence-corrected chi connectivity index (χ4v) is 2.52. The molecule has 0 amide bonds. The molecule has 0 saturated carbocycles. The molecule has 0 aliphatic heterocycles. The van der Waals surface area contributed by atoms with E-state index in [-0.39, 0.29) is 0 Å². The van der Waals surface area contributed by atoms with E-state index in [2.05, 4.69) is 57.0 Å². The fourth-order valence-electron chi connectivity index (χ4n) is 2.52. The number of rotatable bonds is 8. The summed E-state index contributed by atoms with van der Waals surface area (Å²) in [4.78, 5) is 4.45. The van der Waals surface area contributed by atoms with Crippen LogP contribution in [0.5, 0.6) is 5.75 Å². The lowest BCUT2D eigenvalue weighted by Gasteiger charge is -2.08. The molecule has 0 bridgehead atoms. The van der Waals surface area contributed by atoms with Gasteiger partial charge in [0.15, 0.2) is 5.82 Å². The van der Waals surface area contributed by atoms with Gasteiger partial charge in [-0.15, -0.1) is 5.10 Å². The molecule has 3 rings (SSSR count). The monoisotopic (exact) mass is 349 g/mol. The Morgan fingerprint density at radius 3 is 2.38 bits per heavy atom. The average molecular weight is 349 g/mol. The zero-order valence-corrected chi connectivity index (χ0v) is 15.1. The maximum Gasteiger partial charge on any atom is 0.244 e. The highest BCUT2D eigenvalue weighted by molar-refractivity contribution is 5.56. The van der Waals surface area contributed by atoms with Crippen LogP contribution >= 0.6 is 0 Å². The van der Waals surface area contributed by atoms with Gasteiger partial charge in [0.05, 0.1) is 13.3 Å². The van der Waals surface area contributed by atoms with Crippen LogP contribution in [0.2, 0.25) is 0 Å². The van der Waals surface area contributed by atoms with Gasteiger partial charge in [-0.05, 0) is 48.2 Å². The highest BCUT2D eigenvalue weighted by atomic mass is 16.5. The molecule has 0 unspecified atom stereocenters. The maximum absolute atomic E-state index is 5.17. The number of nitrogens with one attached hydrogen (secondary N) is 2. The number of nitrogens with zero attached hydrogens (tertiary/aromatic N) is 3. The minimum atomic E-state index is 0.508. The first kappa shape index (κ1) is 17.7. The van der Waals surface area contributed by atoms with Gasteiger partial charge >= 0.3 is 0 Å². The second kappa shape index (κ2) is 8.80. The first-order valence-electron chi connectivity index (χ1n) is 8.69. The zero-order chi connectivity index (χ0) is 18.2. The molecule has 0 radical (unpaired) electrons. The first-order chi connectivity index (χ1) is 12.8.